The standard InChI is InChI=1S/C33H53N7O5S/c1-8-20(6)29(33(45)38-24(11-9-10-14-34)31(43)39-25(30(35)42)15-18(2)3)40-32(44)26(36-21(7)41)17-28-37-23-13-12-22(19(4)5)16-27(23)46-28/h12-13,16,18-20,24-26,29H,8-11,14-15,17,34H2,1-7H3,(H2,35,42)(H,36,41)(H,38,45)(H,39,43)(H,40,44). The number of primary amides is 1. The number of nitrogens with zero attached hydrogens (tertiary/aromatic N) is 1. The van der Waals surface area contributed by atoms with Crippen LogP contribution < -0.4 is 32.7 Å². The molecule has 5 amide bonds. The number of carbonyl (C=O) groups excluding carboxylic acids is 5. The van der Waals surface area contributed by atoms with Gasteiger partial charge in [0.05, 0.1) is 15.2 Å². The average molecular weight is 660 g/mol. The van der Waals surface area contributed by atoms with E-state index in [9.17, 15) is 24.0 Å². The van der Waals surface area contributed by atoms with Crippen molar-refractivity contribution in [2.45, 2.75) is 117 Å². The van der Waals surface area contributed by atoms with Crippen LogP contribution in [0.5, 0.6) is 0 Å². The van der Waals surface area contributed by atoms with Crippen molar-refractivity contribution < 1.29 is 24.0 Å². The summed E-state index contributed by atoms with van der Waals surface area (Å²) in [6.45, 7) is 13.5. The van der Waals surface area contributed by atoms with Crippen molar-refractivity contribution >= 4 is 51.1 Å². The van der Waals surface area contributed by atoms with Crippen molar-refractivity contribution in [3.8, 4) is 0 Å². The van der Waals surface area contributed by atoms with Crippen LogP contribution in [0.25, 0.3) is 10.2 Å². The predicted molar refractivity (Wildman–Crippen MR) is 182 cm³/mol. The van der Waals surface area contributed by atoms with Gasteiger partial charge in [0.1, 0.15) is 24.2 Å². The molecule has 0 spiro atoms. The number of benzene rings is 1. The highest BCUT2D eigenvalue weighted by Gasteiger charge is 2.33. The molecule has 13 heteroatoms. The van der Waals surface area contributed by atoms with Crippen molar-refractivity contribution in [3.63, 3.8) is 0 Å². The number of aromatic nitrogens is 1. The van der Waals surface area contributed by atoms with Gasteiger partial charge in [-0.3, -0.25) is 24.0 Å². The van der Waals surface area contributed by atoms with E-state index in [1.807, 2.05) is 39.8 Å². The Kier molecular flexibility index (Phi) is 15.6. The van der Waals surface area contributed by atoms with Crippen LogP contribution in [-0.4, -0.2) is 65.2 Å². The van der Waals surface area contributed by atoms with Gasteiger partial charge < -0.3 is 32.7 Å². The summed E-state index contributed by atoms with van der Waals surface area (Å²) in [4.78, 5) is 69.5. The van der Waals surface area contributed by atoms with E-state index in [0.717, 1.165) is 10.2 Å². The Morgan fingerprint density at radius 2 is 1.52 bits per heavy atom. The summed E-state index contributed by atoms with van der Waals surface area (Å²) in [5.41, 5.74) is 13.2. The molecule has 0 radical (unpaired) electrons. The van der Waals surface area contributed by atoms with Gasteiger partial charge in [-0.2, -0.15) is 0 Å². The van der Waals surface area contributed by atoms with E-state index in [-0.39, 0.29) is 24.7 Å². The molecule has 0 aliphatic rings. The number of carbonyl (C=O) groups is 5. The zero-order valence-electron chi connectivity index (χ0n) is 28.3. The minimum Gasteiger partial charge on any atom is -0.368 e. The lowest BCUT2D eigenvalue weighted by atomic mass is 9.96. The van der Waals surface area contributed by atoms with Crippen LogP contribution in [0, 0.1) is 11.8 Å². The minimum atomic E-state index is -0.995. The Morgan fingerprint density at radius 3 is 2.09 bits per heavy atom. The van der Waals surface area contributed by atoms with Crippen molar-refractivity contribution in [3.05, 3.63) is 28.8 Å². The first-order valence-corrected chi connectivity index (χ1v) is 17.0. The summed E-state index contributed by atoms with van der Waals surface area (Å²) in [6, 6.07) is 2.25. The third kappa shape index (κ3) is 12.0. The summed E-state index contributed by atoms with van der Waals surface area (Å²) in [6.07, 6.45) is 2.54. The average Bonchev–Trinajstić information content (AvgIpc) is 3.39. The number of hydrogen-bond acceptors (Lipinski definition) is 8. The van der Waals surface area contributed by atoms with Crippen LogP contribution >= 0.6 is 11.3 Å². The molecule has 0 aliphatic carbocycles. The minimum absolute atomic E-state index is 0.102. The maximum absolute atomic E-state index is 13.7. The highest BCUT2D eigenvalue weighted by molar-refractivity contribution is 7.18. The molecular formula is C33H53N7O5S. The second-order valence-electron chi connectivity index (χ2n) is 12.8. The van der Waals surface area contributed by atoms with Crippen LogP contribution in [0.4, 0.5) is 0 Å². The fourth-order valence-corrected chi connectivity index (χ4v) is 6.09. The first-order chi connectivity index (χ1) is 21.7. The number of nitrogens with one attached hydrogen (secondary N) is 4. The molecule has 0 saturated carbocycles. The summed E-state index contributed by atoms with van der Waals surface area (Å²) in [7, 11) is 0. The van der Waals surface area contributed by atoms with Gasteiger partial charge in [-0.15, -0.1) is 11.3 Å². The fraction of sp³-hybridized carbons (Fsp3) is 0.636. The number of amides is 5. The number of unbranched alkanes of at least 4 members (excludes halogenated alkanes) is 1. The van der Waals surface area contributed by atoms with Crippen LogP contribution in [0.3, 0.4) is 0 Å². The molecule has 1 aromatic heterocycles. The molecule has 0 saturated heterocycles. The zero-order valence-corrected chi connectivity index (χ0v) is 29.1. The molecule has 8 N–H and O–H groups in total. The van der Waals surface area contributed by atoms with Crippen LogP contribution in [0.15, 0.2) is 18.2 Å². The lowest BCUT2D eigenvalue weighted by Crippen LogP contribution is -2.59. The maximum atomic E-state index is 13.7. The van der Waals surface area contributed by atoms with Gasteiger partial charge in [-0.25, -0.2) is 4.98 Å². The summed E-state index contributed by atoms with van der Waals surface area (Å²) in [5.74, 6) is -2.50. The molecule has 46 heavy (non-hydrogen) atoms. The van der Waals surface area contributed by atoms with E-state index < -0.39 is 53.7 Å². The number of rotatable bonds is 19. The van der Waals surface area contributed by atoms with Gasteiger partial charge in [0.25, 0.3) is 0 Å². The van der Waals surface area contributed by atoms with Crippen LogP contribution in [-0.2, 0) is 30.4 Å². The van der Waals surface area contributed by atoms with E-state index in [0.29, 0.717) is 43.2 Å². The molecule has 1 aromatic carbocycles. The topological polar surface area (TPSA) is 198 Å². The van der Waals surface area contributed by atoms with Gasteiger partial charge in [-0.1, -0.05) is 54.0 Å². The summed E-state index contributed by atoms with van der Waals surface area (Å²) < 4.78 is 0.992. The van der Waals surface area contributed by atoms with Crippen molar-refractivity contribution in [1.82, 2.24) is 26.3 Å². The Morgan fingerprint density at radius 1 is 0.870 bits per heavy atom. The Hall–Kier alpha value is -3.58. The number of hydrogen-bond donors (Lipinski definition) is 6. The van der Waals surface area contributed by atoms with Crippen LogP contribution in [0.1, 0.15) is 97.1 Å². The number of thiazole rings is 1. The number of nitrogens with two attached hydrogens (primary N) is 2. The first-order valence-electron chi connectivity index (χ1n) is 16.2. The summed E-state index contributed by atoms with van der Waals surface area (Å²) >= 11 is 1.46. The van der Waals surface area contributed by atoms with Crippen molar-refractivity contribution in [1.29, 1.82) is 0 Å². The Balaban J connectivity index is 2.28. The third-order valence-electron chi connectivity index (χ3n) is 7.94. The number of fused-ring (bicyclic) bond motifs is 1. The van der Waals surface area contributed by atoms with E-state index in [1.165, 1.54) is 23.8 Å². The monoisotopic (exact) mass is 659 g/mol. The van der Waals surface area contributed by atoms with E-state index in [2.05, 4.69) is 46.2 Å². The molecular weight excluding hydrogens is 606 g/mol. The lowest BCUT2D eigenvalue weighted by Gasteiger charge is -2.29. The first kappa shape index (κ1) is 38.6. The van der Waals surface area contributed by atoms with Gasteiger partial charge in [0, 0.05) is 13.3 Å². The Bertz CT molecular complexity index is 1340. The van der Waals surface area contributed by atoms with Crippen LogP contribution in [0.2, 0.25) is 0 Å². The second kappa shape index (κ2) is 18.5. The van der Waals surface area contributed by atoms with Gasteiger partial charge in [0.15, 0.2) is 0 Å². The third-order valence-corrected chi connectivity index (χ3v) is 8.98. The SMILES string of the molecule is CCC(C)C(NC(=O)C(Cc1nc2ccc(C(C)C)cc2s1)NC(C)=O)C(=O)NC(CCCCN)C(=O)NC(CC(C)C)C(N)=O. The van der Waals surface area contributed by atoms with Gasteiger partial charge in [0.2, 0.25) is 29.5 Å². The fourth-order valence-electron chi connectivity index (χ4n) is 5.03. The predicted octanol–water partition coefficient (Wildman–Crippen LogP) is 2.63. The Labute approximate surface area is 276 Å². The zero-order chi connectivity index (χ0) is 34.6. The van der Waals surface area contributed by atoms with Crippen molar-refractivity contribution in [2.24, 2.45) is 23.3 Å². The molecule has 12 nitrogen and oxygen atoms in total. The highest BCUT2D eigenvalue weighted by atomic mass is 32.1. The highest BCUT2D eigenvalue weighted by Crippen LogP contribution is 2.27. The quantitative estimate of drug-likeness (QED) is 0.125. The second-order valence-corrected chi connectivity index (χ2v) is 13.9. The van der Waals surface area contributed by atoms with E-state index >= 15 is 0 Å². The van der Waals surface area contributed by atoms with Gasteiger partial charge >= 0.3 is 0 Å². The maximum Gasteiger partial charge on any atom is 0.243 e. The lowest BCUT2D eigenvalue weighted by molar-refractivity contribution is -0.135. The van der Waals surface area contributed by atoms with E-state index in [4.69, 9.17) is 11.5 Å². The van der Waals surface area contributed by atoms with Crippen molar-refractivity contribution in [2.75, 3.05) is 6.54 Å². The van der Waals surface area contributed by atoms with Gasteiger partial charge in [-0.05, 0) is 67.7 Å². The normalized spacial score (nSPS) is 14.7. The molecule has 0 aliphatic heterocycles. The molecule has 2 rings (SSSR count). The molecule has 2 aromatic rings. The largest absolute Gasteiger partial charge is 0.368 e. The molecule has 256 valence electrons. The molecule has 0 fully saturated rings. The molecule has 5 atom stereocenters. The molecule has 1 heterocycles. The molecule has 5 unspecified atom stereocenters. The van der Waals surface area contributed by atoms with E-state index in [1.54, 1.807) is 0 Å². The summed E-state index contributed by atoms with van der Waals surface area (Å²) in [5, 5.41) is 11.7. The smallest absolute Gasteiger partial charge is 0.243 e. The molecule has 0 bridgehead atoms.